The highest BCUT2D eigenvalue weighted by molar-refractivity contribution is 5.93. The van der Waals surface area contributed by atoms with Gasteiger partial charge in [0.1, 0.15) is 19.1 Å². The highest BCUT2D eigenvalue weighted by Gasteiger charge is 2.41. The lowest BCUT2D eigenvalue weighted by Gasteiger charge is -2.36. The number of ether oxygens (including phenoxy) is 1. The van der Waals surface area contributed by atoms with Crippen molar-refractivity contribution < 1.29 is 27.6 Å². The van der Waals surface area contributed by atoms with Crippen LogP contribution in [0.5, 0.6) is 0 Å². The number of rotatable bonds is 7. The van der Waals surface area contributed by atoms with Gasteiger partial charge in [-0.3, -0.25) is 4.90 Å². The van der Waals surface area contributed by atoms with Gasteiger partial charge in [0.25, 0.3) is 0 Å². The summed E-state index contributed by atoms with van der Waals surface area (Å²) in [6, 6.07) is 20.5. The van der Waals surface area contributed by atoms with E-state index in [1.807, 2.05) is 37.4 Å². The molecule has 9 nitrogen and oxygen atoms in total. The molecule has 0 spiro atoms. The second-order valence-electron chi connectivity index (χ2n) is 10.3. The number of nitrogens with zero attached hydrogens (tertiary/aromatic N) is 4. The summed E-state index contributed by atoms with van der Waals surface area (Å²) in [5, 5.41) is 16.2. The Balaban J connectivity index is 1.69. The topological polar surface area (TPSA) is 108 Å². The number of aromatic nitrogens is 3. The van der Waals surface area contributed by atoms with Gasteiger partial charge in [-0.2, -0.15) is 18.4 Å². The third kappa shape index (κ3) is 5.67. The van der Waals surface area contributed by atoms with Crippen molar-refractivity contribution >= 4 is 17.6 Å². The molecule has 2 heterocycles. The van der Waals surface area contributed by atoms with E-state index in [2.05, 4.69) is 16.3 Å². The number of esters is 1. The van der Waals surface area contributed by atoms with Crippen molar-refractivity contribution in [1.82, 2.24) is 14.8 Å². The van der Waals surface area contributed by atoms with Crippen molar-refractivity contribution in [3.8, 4) is 6.07 Å². The van der Waals surface area contributed by atoms with E-state index in [9.17, 15) is 28.0 Å². The zero-order chi connectivity index (χ0) is 30.9. The normalized spacial score (nSPS) is 15.6. The number of nitriles is 1. The first-order valence-electron chi connectivity index (χ1n) is 13.3. The monoisotopic (exact) mass is 589 g/mol. The quantitative estimate of drug-likeness (QED) is 0.317. The van der Waals surface area contributed by atoms with Crippen LogP contribution >= 0.6 is 0 Å². The smallest absolute Gasteiger partial charge is 0.416 e. The van der Waals surface area contributed by atoms with Crippen molar-refractivity contribution in [1.29, 1.82) is 5.26 Å². The predicted molar refractivity (Wildman–Crippen MR) is 151 cm³/mol. The van der Waals surface area contributed by atoms with Crippen molar-refractivity contribution in [2.24, 2.45) is 0 Å². The average Bonchev–Trinajstić information content (AvgIpc) is 3.36. The maximum atomic E-state index is 13.6. The van der Waals surface area contributed by atoms with Gasteiger partial charge in [-0.05, 0) is 42.8 Å². The van der Waals surface area contributed by atoms with E-state index in [4.69, 9.17) is 4.74 Å². The number of halogens is 3. The number of anilines is 2. The molecule has 1 aromatic heterocycles. The number of H-pyrrole nitrogens is 1. The lowest BCUT2D eigenvalue weighted by Crippen LogP contribution is -3.06. The lowest BCUT2D eigenvalue weighted by atomic mass is 9.89. The first-order valence-corrected chi connectivity index (χ1v) is 13.3. The largest absolute Gasteiger partial charge is 0.466 e. The summed E-state index contributed by atoms with van der Waals surface area (Å²) in [5.74, 6) is -0.765. The summed E-state index contributed by atoms with van der Waals surface area (Å²) < 4.78 is 47.2. The molecule has 1 aliphatic rings. The molecular formula is C31H28F3N6O3+. The number of allylic oxidation sites excluding steroid dienone is 1. The van der Waals surface area contributed by atoms with E-state index in [1.165, 1.54) is 28.7 Å². The number of carbonyl (C=O) groups is 1. The summed E-state index contributed by atoms with van der Waals surface area (Å²) in [6.45, 7) is 2.67. The molecule has 0 fully saturated rings. The summed E-state index contributed by atoms with van der Waals surface area (Å²) in [4.78, 5) is 29.1. The fourth-order valence-corrected chi connectivity index (χ4v) is 5.51. The van der Waals surface area contributed by atoms with E-state index >= 15 is 0 Å². The molecule has 0 saturated carbocycles. The van der Waals surface area contributed by atoms with Crippen molar-refractivity contribution in [3.63, 3.8) is 0 Å². The van der Waals surface area contributed by atoms with Crippen LogP contribution in [0.3, 0.4) is 0 Å². The molecule has 3 aromatic carbocycles. The van der Waals surface area contributed by atoms with E-state index in [1.54, 1.807) is 25.1 Å². The van der Waals surface area contributed by atoms with Gasteiger partial charge in [-0.25, -0.2) is 19.3 Å². The Morgan fingerprint density at radius 3 is 2.51 bits per heavy atom. The number of carbonyl (C=O) groups excluding carboxylic acids is 1. The number of aromatic amines is 1. The average molecular weight is 590 g/mol. The third-order valence-electron chi connectivity index (χ3n) is 7.39. The molecule has 4 aromatic rings. The minimum absolute atomic E-state index is 0.000209. The highest BCUT2D eigenvalue weighted by atomic mass is 19.4. The number of nitrogens with one attached hydrogen (secondary N) is 2. The zero-order valence-electron chi connectivity index (χ0n) is 23.6. The standard InChI is InChI=1S/C31H27F3N6O3/c1-19-26(28(41)43-3)27(25-13-12-21(16-35)14-22(25)18-38(2)17-20-8-5-4-6-9-20)40-29(36-37-30(40)42)39(19)24-11-7-10-23(15-24)31(32,33)34/h4-15,27H,17-18H2,1-3H3,(H,37,42)/p+1/t27-/m1/s1. The molecule has 1 unspecified atom stereocenters. The number of alkyl halides is 3. The number of benzene rings is 3. The molecule has 220 valence electrons. The van der Waals surface area contributed by atoms with Crippen LogP contribution in [0, 0.1) is 11.3 Å². The van der Waals surface area contributed by atoms with Crippen LogP contribution in [0.4, 0.5) is 24.8 Å². The van der Waals surface area contributed by atoms with Crippen LogP contribution in [-0.2, 0) is 28.8 Å². The molecule has 2 N–H and O–H groups in total. The number of methoxy groups -OCH3 is 1. The molecule has 0 radical (unpaired) electrons. The van der Waals surface area contributed by atoms with Gasteiger partial charge in [0.05, 0.1) is 36.9 Å². The lowest BCUT2D eigenvalue weighted by molar-refractivity contribution is -0.907. The molecule has 1 aliphatic heterocycles. The molecule has 0 amide bonds. The van der Waals surface area contributed by atoms with E-state index in [0.29, 0.717) is 29.8 Å². The van der Waals surface area contributed by atoms with Gasteiger partial charge in [-0.15, -0.1) is 5.10 Å². The van der Waals surface area contributed by atoms with E-state index < -0.39 is 29.4 Å². The van der Waals surface area contributed by atoms with Crippen molar-refractivity contribution in [2.75, 3.05) is 19.1 Å². The number of hydrogen-bond donors (Lipinski definition) is 2. The van der Waals surface area contributed by atoms with Crippen LogP contribution in [0.15, 0.2) is 88.9 Å². The summed E-state index contributed by atoms with van der Waals surface area (Å²) in [7, 11) is 3.18. The van der Waals surface area contributed by atoms with Crippen LogP contribution in [0.2, 0.25) is 0 Å². The van der Waals surface area contributed by atoms with E-state index in [-0.39, 0.29) is 22.9 Å². The Hall–Kier alpha value is -5.15. The molecular weight excluding hydrogens is 561 g/mol. The van der Waals surface area contributed by atoms with E-state index in [0.717, 1.165) is 22.6 Å². The Labute approximate surface area is 245 Å². The predicted octanol–water partition coefficient (Wildman–Crippen LogP) is 3.86. The first-order chi connectivity index (χ1) is 20.5. The van der Waals surface area contributed by atoms with Crippen molar-refractivity contribution in [2.45, 2.75) is 32.2 Å². The number of hydrogen-bond acceptors (Lipinski definition) is 6. The van der Waals surface area contributed by atoms with Crippen LogP contribution in [-0.4, -0.2) is 34.9 Å². The van der Waals surface area contributed by atoms with Gasteiger partial charge in [0.2, 0.25) is 5.95 Å². The number of fused-ring (bicyclic) bond motifs is 1. The Bertz CT molecular complexity index is 1800. The first kappa shape index (κ1) is 29.3. The maximum Gasteiger partial charge on any atom is 0.416 e. The fraction of sp³-hybridized carbons (Fsp3) is 0.226. The fourth-order valence-electron chi connectivity index (χ4n) is 5.51. The summed E-state index contributed by atoms with van der Waals surface area (Å²) in [6.07, 6.45) is -4.62. The summed E-state index contributed by atoms with van der Waals surface area (Å²) >= 11 is 0. The second-order valence-corrected chi connectivity index (χ2v) is 10.3. The molecule has 2 atom stereocenters. The molecule has 12 heteroatoms. The zero-order valence-corrected chi connectivity index (χ0v) is 23.6. The van der Waals surface area contributed by atoms with Crippen LogP contribution < -0.4 is 15.5 Å². The van der Waals surface area contributed by atoms with Crippen LogP contribution in [0.1, 0.15) is 40.8 Å². The molecule has 0 bridgehead atoms. The van der Waals surface area contributed by atoms with Crippen LogP contribution in [0.25, 0.3) is 0 Å². The SMILES string of the molecule is COC(=O)C1=C(C)N(c2cccc(C(F)(F)F)c2)c2n[nH]c(=O)n2[C@@H]1c1ccc(C#N)cc1C[NH+](C)Cc1ccccc1. The molecule has 0 aliphatic carbocycles. The van der Waals surface area contributed by atoms with Gasteiger partial charge in [0.15, 0.2) is 0 Å². The second kappa shape index (κ2) is 11.6. The minimum atomic E-state index is -4.62. The third-order valence-corrected chi connectivity index (χ3v) is 7.39. The number of quaternary nitrogens is 1. The highest BCUT2D eigenvalue weighted by Crippen LogP contribution is 2.43. The minimum Gasteiger partial charge on any atom is -0.466 e. The van der Waals surface area contributed by atoms with Gasteiger partial charge in [-0.1, -0.05) is 42.5 Å². The molecule has 43 heavy (non-hydrogen) atoms. The molecule has 0 saturated heterocycles. The van der Waals surface area contributed by atoms with Gasteiger partial charge >= 0.3 is 17.8 Å². The van der Waals surface area contributed by atoms with Gasteiger partial charge in [0, 0.05) is 22.5 Å². The molecule has 5 rings (SSSR count). The summed E-state index contributed by atoms with van der Waals surface area (Å²) in [5.41, 5.74) is 1.52. The van der Waals surface area contributed by atoms with Gasteiger partial charge < -0.3 is 9.64 Å². The Morgan fingerprint density at radius 1 is 1.09 bits per heavy atom. The Morgan fingerprint density at radius 2 is 1.84 bits per heavy atom. The Kier molecular flexibility index (Phi) is 7.93. The maximum absolute atomic E-state index is 13.6. The van der Waals surface area contributed by atoms with Crippen molar-refractivity contribution in [3.05, 3.63) is 122 Å².